The highest BCUT2D eigenvalue weighted by molar-refractivity contribution is 9.10. The van der Waals surface area contributed by atoms with Crippen LogP contribution >= 0.6 is 27.5 Å². The van der Waals surface area contributed by atoms with Gasteiger partial charge in [-0.2, -0.15) is 0 Å². The predicted octanol–water partition coefficient (Wildman–Crippen LogP) is 5.98. The number of benzene rings is 2. The van der Waals surface area contributed by atoms with Gasteiger partial charge in [0.2, 0.25) is 23.6 Å². The molecule has 1 N–H and O–H groups in total. The van der Waals surface area contributed by atoms with Crippen molar-refractivity contribution in [3.63, 3.8) is 0 Å². The first-order chi connectivity index (χ1) is 19.2. The van der Waals surface area contributed by atoms with Crippen molar-refractivity contribution in [2.75, 3.05) is 4.90 Å². The number of halogens is 3. The van der Waals surface area contributed by atoms with Gasteiger partial charge >= 0.3 is 0 Å². The van der Waals surface area contributed by atoms with Crippen molar-refractivity contribution in [1.29, 1.82) is 0 Å². The van der Waals surface area contributed by atoms with Gasteiger partial charge in [0.25, 0.3) is 0 Å². The minimum atomic E-state index is -1.33. The van der Waals surface area contributed by atoms with Gasteiger partial charge in [0.05, 0.1) is 33.9 Å². The summed E-state index contributed by atoms with van der Waals surface area (Å²) < 4.78 is 14.7. The summed E-state index contributed by atoms with van der Waals surface area (Å²) in [7, 11) is 0. The normalized spacial score (nSPS) is 31.3. The second-order valence-electron chi connectivity index (χ2n) is 12.6. The number of phenols is 1. The van der Waals surface area contributed by atoms with E-state index in [9.17, 15) is 28.7 Å². The molecule has 10 heteroatoms. The van der Waals surface area contributed by atoms with E-state index in [2.05, 4.69) is 15.9 Å². The average Bonchev–Trinajstić information content (AvgIpc) is 3.27. The molecule has 214 valence electrons. The zero-order valence-electron chi connectivity index (χ0n) is 23.0. The van der Waals surface area contributed by atoms with Gasteiger partial charge < -0.3 is 5.11 Å². The first kappa shape index (κ1) is 28.1. The van der Waals surface area contributed by atoms with Gasteiger partial charge in [-0.15, -0.1) is 0 Å². The van der Waals surface area contributed by atoms with Crippen LogP contribution in [-0.2, 0) is 19.2 Å². The summed E-state index contributed by atoms with van der Waals surface area (Å²) >= 11 is 9.51. The first-order valence-corrected chi connectivity index (χ1v) is 14.7. The van der Waals surface area contributed by atoms with Crippen molar-refractivity contribution < 1.29 is 28.7 Å². The Bertz CT molecular complexity index is 1580. The Hall–Kier alpha value is -3.04. The van der Waals surface area contributed by atoms with Gasteiger partial charge in [-0.05, 0) is 82.9 Å². The third-order valence-corrected chi connectivity index (χ3v) is 10.2. The number of imide groups is 2. The van der Waals surface area contributed by atoms with Crippen LogP contribution in [0, 0.1) is 34.9 Å². The third kappa shape index (κ3) is 3.88. The van der Waals surface area contributed by atoms with Gasteiger partial charge in [-0.1, -0.05) is 39.2 Å². The Morgan fingerprint density at radius 2 is 1.73 bits per heavy atom. The lowest BCUT2D eigenvalue weighted by Crippen LogP contribution is -2.49. The Balaban J connectivity index is 1.54. The van der Waals surface area contributed by atoms with E-state index in [1.54, 1.807) is 19.1 Å². The summed E-state index contributed by atoms with van der Waals surface area (Å²) in [6, 6.07) is 8.64. The fraction of sp³-hybridized carbons (Fsp3) is 0.419. The highest BCUT2D eigenvalue weighted by atomic mass is 79.9. The molecule has 2 aliphatic heterocycles. The number of nitrogens with zero attached hydrogens (tertiary/aromatic N) is 2. The number of aromatic hydroxyl groups is 1. The molecule has 0 bridgehead atoms. The van der Waals surface area contributed by atoms with Crippen LogP contribution in [0.25, 0.3) is 0 Å². The molecule has 2 aliphatic carbocycles. The number of carbonyl (C=O) groups is 4. The van der Waals surface area contributed by atoms with Crippen LogP contribution in [0.1, 0.15) is 52.0 Å². The maximum absolute atomic E-state index is 14.4. The van der Waals surface area contributed by atoms with Crippen LogP contribution in [0.15, 0.2) is 52.5 Å². The molecular formula is C31H29BrClFN2O5. The second-order valence-corrected chi connectivity index (χ2v) is 14.0. The molecule has 6 unspecified atom stereocenters. The van der Waals surface area contributed by atoms with E-state index in [0.29, 0.717) is 16.5 Å². The van der Waals surface area contributed by atoms with Crippen molar-refractivity contribution in [3.8, 4) is 5.75 Å². The summed E-state index contributed by atoms with van der Waals surface area (Å²) in [6.07, 6.45) is 2.44. The van der Waals surface area contributed by atoms with Crippen LogP contribution in [0.4, 0.5) is 10.1 Å². The average molecular weight is 644 g/mol. The number of allylic oxidation sites excluding steroid dienone is 2. The number of rotatable bonds is 2. The molecule has 2 heterocycles. The lowest BCUT2D eigenvalue weighted by molar-refractivity contribution is -0.145. The molecular weight excluding hydrogens is 615 g/mol. The molecule has 6 atom stereocenters. The fourth-order valence-electron chi connectivity index (χ4n) is 7.65. The quantitative estimate of drug-likeness (QED) is 0.321. The zero-order valence-corrected chi connectivity index (χ0v) is 25.3. The van der Waals surface area contributed by atoms with E-state index in [-0.39, 0.29) is 34.7 Å². The van der Waals surface area contributed by atoms with E-state index in [1.165, 1.54) is 23.1 Å². The Morgan fingerprint density at radius 1 is 1.02 bits per heavy atom. The number of hydrogen-bond donors (Lipinski definition) is 1. The molecule has 0 radical (unpaired) electrons. The maximum atomic E-state index is 14.4. The van der Waals surface area contributed by atoms with Crippen LogP contribution in [-0.4, -0.2) is 39.2 Å². The fourth-order valence-corrected chi connectivity index (χ4v) is 8.20. The lowest BCUT2D eigenvalue weighted by Gasteiger charge is -2.49. The molecule has 2 aromatic rings. The summed E-state index contributed by atoms with van der Waals surface area (Å²) in [5.74, 6) is -5.55. The number of fused-ring (bicyclic) bond motifs is 4. The molecule has 4 aliphatic rings. The number of phenolic OH excluding ortho intramolecular Hbond substituents is 1. The van der Waals surface area contributed by atoms with Crippen LogP contribution in [0.3, 0.4) is 0 Å². The summed E-state index contributed by atoms with van der Waals surface area (Å²) in [5, 5.41) is 10.9. The lowest BCUT2D eigenvalue weighted by atomic mass is 9.51. The van der Waals surface area contributed by atoms with Crippen LogP contribution in [0.2, 0.25) is 5.02 Å². The minimum Gasteiger partial charge on any atom is -0.508 e. The SMILES string of the molecule is CC12C(=O)N(c3ccc(F)c(Cl)c3)C(=O)C1CC1C(=CCC3C(=O)N(C(C)(C)C)C(=O)C31)C2c1cc(Br)ccc1O. The van der Waals surface area contributed by atoms with Gasteiger partial charge in [0, 0.05) is 21.5 Å². The number of amides is 4. The van der Waals surface area contributed by atoms with Gasteiger partial charge in [-0.25, -0.2) is 9.29 Å². The molecule has 1 saturated carbocycles. The molecule has 0 aromatic heterocycles. The van der Waals surface area contributed by atoms with E-state index in [0.717, 1.165) is 16.5 Å². The van der Waals surface area contributed by atoms with Crippen molar-refractivity contribution in [2.45, 2.75) is 52.0 Å². The van der Waals surface area contributed by atoms with E-state index < -0.39 is 58.2 Å². The zero-order chi connectivity index (χ0) is 29.8. The van der Waals surface area contributed by atoms with Gasteiger partial charge in [0.1, 0.15) is 11.6 Å². The molecule has 6 rings (SSSR count). The molecule has 41 heavy (non-hydrogen) atoms. The maximum Gasteiger partial charge on any atom is 0.241 e. The minimum absolute atomic E-state index is 0.0458. The van der Waals surface area contributed by atoms with Gasteiger partial charge in [-0.3, -0.25) is 24.1 Å². The summed E-state index contributed by atoms with van der Waals surface area (Å²) in [5.41, 5.74) is -0.670. The smallest absolute Gasteiger partial charge is 0.241 e. The van der Waals surface area contributed by atoms with E-state index in [4.69, 9.17) is 11.6 Å². The van der Waals surface area contributed by atoms with Crippen molar-refractivity contribution in [1.82, 2.24) is 4.90 Å². The largest absolute Gasteiger partial charge is 0.508 e. The molecule has 3 fully saturated rings. The van der Waals surface area contributed by atoms with E-state index >= 15 is 0 Å². The Labute approximate surface area is 250 Å². The van der Waals surface area contributed by atoms with E-state index in [1.807, 2.05) is 26.8 Å². The Morgan fingerprint density at radius 3 is 2.39 bits per heavy atom. The third-order valence-electron chi connectivity index (χ3n) is 9.41. The summed E-state index contributed by atoms with van der Waals surface area (Å²) in [4.78, 5) is 58.3. The highest BCUT2D eigenvalue weighted by Gasteiger charge is 2.68. The highest BCUT2D eigenvalue weighted by Crippen LogP contribution is 2.64. The van der Waals surface area contributed by atoms with Crippen LogP contribution < -0.4 is 4.90 Å². The van der Waals surface area contributed by atoms with Crippen LogP contribution in [0.5, 0.6) is 5.75 Å². The molecule has 7 nitrogen and oxygen atoms in total. The Kier molecular flexibility index (Phi) is 6.33. The number of likely N-dealkylation sites (tertiary alicyclic amines) is 1. The van der Waals surface area contributed by atoms with Gasteiger partial charge in [0.15, 0.2) is 0 Å². The summed E-state index contributed by atoms with van der Waals surface area (Å²) in [6.45, 7) is 7.18. The molecule has 2 saturated heterocycles. The van der Waals surface area contributed by atoms with Crippen molar-refractivity contribution in [3.05, 3.63) is 68.9 Å². The number of carbonyl (C=O) groups excluding carboxylic acids is 4. The predicted molar refractivity (Wildman–Crippen MR) is 153 cm³/mol. The number of hydrogen-bond acceptors (Lipinski definition) is 5. The van der Waals surface area contributed by atoms with Crippen molar-refractivity contribution >= 4 is 56.8 Å². The number of anilines is 1. The monoisotopic (exact) mass is 642 g/mol. The second kappa shape index (κ2) is 9.23. The topological polar surface area (TPSA) is 95.0 Å². The molecule has 4 amide bonds. The first-order valence-electron chi connectivity index (χ1n) is 13.6. The van der Waals surface area contributed by atoms with Crippen molar-refractivity contribution in [2.24, 2.45) is 29.1 Å². The standard InChI is InChI=1S/C31H29BrClFN2O5/c1-30(2,3)36-26(38)17-8-7-16-18(24(17)28(36)40)13-20-27(39)35(15-6-9-22(34)21(33)12-15)29(41)31(20,4)25(16)19-11-14(32)5-10-23(19)37/h5-7,9-12,17-18,20,24-25,37H,8,13H2,1-4H3. The molecule has 2 aromatic carbocycles. The molecule has 0 spiro atoms.